The first-order valence-corrected chi connectivity index (χ1v) is 6.88. The van der Waals surface area contributed by atoms with Crippen molar-refractivity contribution in [2.45, 2.75) is 31.2 Å². The number of aliphatic hydroxyl groups is 1. The van der Waals surface area contributed by atoms with Crippen LogP contribution < -0.4 is 4.90 Å². The largest absolute Gasteiger partial charge is 0.396 e. The van der Waals surface area contributed by atoms with Gasteiger partial charge in [-0.05, 0) is 37.8 Å². The molecule has 1 unspecified atom stereocenters. The van der Waals surface area contributed by atoms with E-state index in [2.05, 4.69) is 0 Å². The molecule has 6 heteroatoms. The second-order valence-electron chi connectivity index (χ2n) is 5.83. The fourth-order valence-corrected chi connectivity index (χ4v) is 3.57. The first kappa shape index (κ1) is 13.3. The van der Waals surface area contributed by atoms with Crippen LogP contribution in [0, 0.1) is 21.8 Å². The molecular formula is C14H17FN2O3. The summed E-state index contributed by atoms with van der Waals surface area (Å²) in [6.07, 6.45) is 3.93. The van der Waals surface area contributed by atoms with Crippen molar-refractivity contribution in [3.8, 4) is 0 Å². The van der Waals surface area contributed by atoms with Crippen LogP contribution in [-0.2, 0) is 0 Å². The van der Waals surface area contributed by atoms with Crippen LogP contribution in [-0.4, -0.2) is 28.7 Å². The summed E-state index contributed by atoms with van der Waals surface area (Å²) in [5, 5.41) is 20.5. The molecule has 5 nitrogen and oxygen atoms in total. The molecule has 1 heterocycles. The molecule has 1 N–H and O–H groups in total. The van der Waals surface area contributed by atoms with E-state index in [0.29, 0.717) is 12.2 Å². The molecule has 0 amide bonds. The van der Waals surface area contributed by atoms with Gasteiger partial charge < -0.3 is 10.0 Å². The lowest BCUT2D eigenvalue weighted by atomic mass is 9.73. The predicted octanol–water partition coefficient (Wildman–Crippen LogP) is 2.48. The normalized spacial score (nSPS) is 23.9. The highest BCUT2D eigenvalue weighted by atomic mass is 19.1. The lowest BCUT2D eigenvalue weighted by molar-refractivity contribution is -0.384. The Balaban J connectivity index is 2.01. The lowest BCUT2D eigenvalue weighted by Gasteiger charge is -2.46. The van der Waals surface area contributed by atoms with Crippen LogP contribution in [0.25, 0.3) is 0 Å². The SMILES string of the molecule is O=[N+]([O-])c1cc(F)ccc1N1CC(CO)CC12CCC2. The summed E-state index contributed by atoms with van der Waals surface area (Å²) in [7, 11) is 0. The number of nitro groups is 1. The molecule has 1 saturated carbocycles. The van der Waals surface area contributed by atoms with Crippen LogP contribution in [0.5, 0.6) is 0 Å². The smallest absolute Gasteiger partial charge is 0.295 e. The average molecular weight is 280 g/mol. The zero-order valence-corrected chi connectivity index (χ0v) is 11.1. The van der Waals surface area contributed by atoms with E-state index in [1.807, 2.05) is 4.90 Å². The third-order valence-corrected chi connectivity index (χ3v) is 4.65. The third kappa shape index (κ3) is 1.95. The number of hydrogen-bond donors (Lipinski definition) is 1. The monoisotopic (exact) mass is 280 g/mol. The molecule has 3 rings (SSSR count). The van der Waals surface area contributed by atoms with Crippen LogP contribution in [0.3, 0.4) is 0 Å². The molecule has 1 saturated heterocycles. The van der Waals surface area contributed by atoms with Crippen LogP contribution >= 0.6 is 0 Å². The number of rotatable bonds is 3. The zero-order chi connectivity index (χ0) is 14.3. The number of anilines is 1. The Morgan fingerprint density at radius 1 is 1.50 bits per heavy atom. The first-order valence-electron chi connectivity index (χ1n) is 6.88. The predicted molar refractivity (Wildman–Crippen MR) is 72.2 cm³/mol. The van der Waals surface area contributed by atoms with Crippen molar-refractivity contribution in [2.24, 2.45) is 5.92 Å². The Kier molecular flexibility index (Phi) is 3.12. The van der Waals surface area contributed by atoms with E-state index in [1.54, 1.807) is 0 Å². The standard InChI is InChI=1S/C14H17FN2O3/c15-11-2-3-12(13(6-11)17(19)20)16-8-10(9-18)7-14(16)4-1-5-14/h2-3,6,10,18H,1,4-5,7-9H2. The molecule has 20 heavy (non-hydrogen) atoms. The van der Waals surface area contributed by atoms with Gasteiger partial charge in [-0.3, -0.25) is 10.1 Å². The van der Waals surface area contributed by atoms with Gasteiger partial charge in [0.2, 0.25) is 0 Å². The highest BCUT2D eigenvalue weighted by Crippen LogP contribution is 2.51. The molecule has 108 valence electrons. The van der Waals surface area contributed by atoms with E-state index >= 15 is 0 Å². The molecule has 0 bridgehead atoms. The maximum atomic E-state index is 13.3. The Bertz CT molecular complexity index is 545. The highest BCUT2D eigenvalue weighted by Gasteiger charge is 2.50. The third-order valence-electron chi connectivity index (χ3n) is 4.65. The van der Waals surface area contributed by atoms with Gasteiger partial charge >= 0.3 is 0 Å². The molecule has 1 aromatic carbocycles. The van der Waals surface area contributed by atoms with Gasteiger partial charge in [-0.1, -0.05) is 0 Å². The minimum absolute atomic E-state index is 0.0734. The first-order chi connectivity index (χ1) is 9.55. The number of halogens is 1. The Morgan fingerprint density at radius 3 is 2.80 bits per heavy atom. The fourth-order valence-electron chi connectivity index (χ4n) is 3.57. The van der Waals surface area contributed by atoms with E-state index in [9.17, 15) is 19.6 Å². The molecule has 1 aliphatic carbocycles. The summed E-state index contributed by atoms with van der Waals surface area (Å²) in [5.74, 6) is -0.457. The molecule has 0 aromatic heterocycles. The maximum absolute atomic E-state index is 13.3. The number of nitro benzene ring substituents is 1. The van der Waals surface area contributed by atoms with Gasteiger partial charge in [0.05, 0.1) is 11.0 Å². The molecular weight excluding hydrogens is 263 g/mol. The Morgan fingerprint density at radius 2 is 2.25 bits per heavy atom. The van der Waals surface area contributed by atoms with Gasteiger partial charge in [-0.2, -0.15) is 0 Å². The van der Waals surface area contributed by atoms with Crippen molar-refractivity contribution in [3.05, 3.63) is 34.1 Å². The van der Waals surface area contributed by atoms with E-state index in [4.69, 9.17) is 0 Å². The van der Waals surface area contributed by atoms with Crippen molar-refractivity contribution in [3.63, 3.8) is 0 Å². The summed E-state index contributed by atoms with van der Waals surface area (Å²) < 4.78 is 13.3. The highest BCUT2D eigenvalue weighted by molar-refractivity contribution is 5.66. The van der Waals surface area contributed by atoms with Gasteiger partial charge in [-0.15, -0.1) is 0 Å². The Hall–Kier alpha value is -1.69. The van der Waals surface area contributed by atoms with E-state index in [1.165, 1.54) is 12.1 Å². The van der Waals surface area contributed by atoms with E-state index < -0.39 is 10.7 Å². The molecule has 1 atom stereocenters. The topological polar surface area (TPSA) is 66.6 Å². The molecule has 2 aliphatic rings. The average Bonchev–Trinajstić information content (AvgIpc) is 2.78. The van der Waals surface area contributed by atoms with Gasteiger partial charge in [0.25, 0.3) is 5.69 Å². The van der Waals surface area contributed by atoms with Gasteiger partial charge in [0.1, 0.15) is 11.5 Å². The maximum Gasteiger partial charge on any atom is 0.295 e. The van der Waals surface area contributed by atoms with Crippen LogP contribution in [0.4, 0.5) is 15.8 Å². The van der Waals surface area contributed by atoms with Crippen LogP contribution in [0.1, 0.15) is 25.7 Å². The summed E-state index contributed by atoms with van der Waals surface area (Å²) in [4.78, 5) is 12.7. The van der Waals surface area contributed by atoms with E-state index in [-0.39, 0.29) is 23.8 Å². The molecule has 1 aliphatic heterocycles. The zero-order valence-electron chi connectivity index (χ0n) is 11.1. The molecule has 0 radical (unpaired) electrons. The number of benzene rings is 1. The summed E-state index contributed by atoms with van der Waals surface area (Å²) in [6, 6.07) is 3.74. The summed E-state index contributed by atoms with van der Waals surface area (Å²) >= 11 is 0. The van der Waals surface area contributed by atoms with E-state index in [0.717, 1.165) is 31.7 Å². The van der Waals surface area contributed by atoms with Crippen LogP contribution in [0.2, 0.25) is 0 Å². The van der Waals surface area contributed by atoms with Gasteiger partial charge in [0.15, 0.2) is 0 Å². The summed E-state index contributed by atoms with van der Waals surface area (Å²) in [6.45, 7) is 0.691. The molecule has 1 spiro atoms. The quantitative estimate of drug-likeness (QED) is 0.682. The second-order valence-corrected chi connectivity index (χ2v) is 5.83. The summed E-state index contributed by atoms with van der Waals surface area (Å²) in [5.41, 5.74) is 0.220. The van der Waals surface area contributed by atoms with Crippen LogP contribution in [0.15, 0.2) is 18.2 Å². The second kappa shape index (κ2) is 4.70. The molecule has 2 fully saturated rings. The number of nitrogens with zero attached hydrogens (tertiary/aromatic N) is 2. The van der Waals surface area contributed by atoms with Gasteiger partial charge in [-0.25, -0.2) is 4.39 Å². The lowest BCUT2D eigenvalue weighted by Crippen LogP contribution is -2.49. The minimum Gasteiger partial charge on any atom is -0.396 e. The fraction of sp³-hybridized carbons (Fsp3) is 0.571. The van der Waals surface area contributed by atoms with Gasteiger partial charge in [0, 0.05) is 24.6 Å². The van der Waals surface area contributed by atoms with Crippen molar-refractivity contribution in [2.75, 3.05) is 18.1 Å². The number of hydrogen-bond acceptors (Lipinski definition) is 4. The van der Waals surface area contributed by atoms with Crippen molar-refractivity contribution in [1.29, 1.82) is 0 Å². The van der Waals surface area contributed by atoms with Crippen molar-refractivity contribution < 1.29 is 14.4 Å². The van der Waals surface area contributed by atoms with Crippen molar-refractivity contribution >= 4 is 11.4 Å². The molecule has 1 aromatic rings. The Labute approximate surface area is 116 Å². The minimum atomic E-state index is -0.596. The number of aliphatic hydroxyl groups excluding tert-OH is 1. The van der Waals surface area contributed by atoms with Crippen molar-refractivity contribution in [1.82, 2.24) is 0 Å².